The lowest BCUT2D eigenvalue weighted by Gasteiger charge is -2.09. The Morgan fingerprint density at radius 1 is 1.10 bits per heavy atom. The number of rotatable bonds is 2. The van der Waals surface area contributed by atoms with Gasteiger partial charge in [-0.25, -0.2) is 8.78 Å². The molecule has 3 aromatic rings. The van der Waals surface area contributed by atoms with Crippen molar-refractivity contribution >= 4 is 26.8 Å². The first-order valence-electron chi connectivity index (χ1n) is 6.24. The molecular formula is C16H12BrF2N. The third kappa shape index (κ3) is 2.24. The number of benzene rings is 2. The van der Waals surface area contributed by atoms with Crippen LogP contribution in [0.1, 0.15) is 11.1 Å². The molecule has 0 fully saturated rings. The Labute approximate surface area is 124 Å². The standard InChI is InChI=1S/C16H12BrF2N/c1-10-2-5-15-11(8-10)6-7-20(15)9-12-14(18)4-3-13(17)16(12)19/h2-8H,9H2,1H3. The van der Waals surface area contributed by atoms with E-state index in [0.29, 0.717) is 0 Å². The van der Waals surface area contributed by atoms with Crippen LogP contribution in [0.5, 0.6) is 0 Å². The SMILES string of the molecule is Cc1ccc2c(ccn2Cc2c(F)ccc(Br)c2F)c1. The lowest BCUT2D eigenvalue weighted by Crippen LogP contribution is -2.04. The van der Waals surface area contributed by atoms with Gasteiger partial charge in [0.1, 0.15) is 11.6 Å². The Bertz CT molecular complexity index is 793. The molecule has 0 spiro atoms. The fourth-order valence-corrected chi connectivity index (χ4v) is 2.71. The van der Waals surface area contributed by atoms with E-state index < -0.39 is 11.6 Å². The third-order valence-electron chi connectivity index (χ3n) is 3.39. The molecule has 0 unspecified atom stereocenters. The Morgan fingerprint density at radius 2 is 1.90 bits per heavy atom. The van der Waals surface area contributed by atoms with Crippen LogP contribution in [-0.2, 0) is 6.54 Å². The van der Waals surface area contributed by atoms with Crippen LogP contribution in [0.2, 0.25) is 0 Å². The van der Waals surface area contributed by atoms with Crippen molar-refractivity contribution in [3.63, 3.8) is 0 Å². The monoisotopic (exact) mass is 335 g/mol. The number of aromatic nitrogens is 1. The number of fused-ring (bicyclic) bond motifs is 1. The molecule has 0 radical (unpaired) electrons. The molecular weight excluding hydrogens is 324 g/mol. The van der Waals surface area contributed by atoms with Crippen molar-refractivity contribution in [2.75, 3.05) is 0 Å². The summed E-state index contributed by atoms with van der Waals surface area (Å²) in [7, 11) is 0. The second-order valence-corrected chi connectivity index (χ2v) is 5.68. The molecule has 0 saturated carbocycles. The molecule has 0 saturated heterocycles. The van der Waals surface area contributed by atoms with E-state index >= 15 is 0 Å². The maximum Gasteiger partial charge on any atom is 0.145 e. The summed E-state index contributed by atoms with van der Waals surface area (Å²) in [5.74, 6) is -1.07. The summed E-state index contributed by atoms with van der Waals surface area (Å²) in [5, 5.41) is 1.07. The van der Waals surface area contributed by atoms with E-state index in [1.165, 1.54) is 12.1 Å². The average molecular weight is 336 g/mol. The molecule has 4 heteroatoms. The molecule has 0 aliphatic heterocycles. The van der Waals surface area contributed by atoms with E-state index in [0.717, 1.165) is 16.5 Å². The van der Waals surface area contributed by atoms with Crippen molar-refractivity contribution in [2.24, 2.45) is 0 Å². The first-order valence-corrected chi connectivity index (χ1v) is 7.03. The molecule has 0 aliphatic rings. The first-order chi connectivity index (χ1) is 9.56. The van der Waals surface area contributed by atoms with Crippen molar-refractivity contribution in [3.8, 4) is 0 Å². The second-order valence-electron chi connectivity index (χ2n) is 4.83. The van der Waals surface area contributed by atoms with Crippen LogP contribution in [0.25, 0.3) is 10.9 Å². The Kier molecular flexibility index (Phi) is 3.34. The van der Waals surface area contributed by atoms with Crippen LogP contribution in [0.15, 0.2) is 47.1 Å². The minimum absolute atomic E-state index is 0.0671. The highest BCUT2D eigenvalue weighted by molar-refractivity contribution is 9.10. The van der Waals surface area contributed by atoms with Crippen LogP contribution in [-0.4, -0.2) is 4.57 Å². The van der Waals surface area contributed by atoms with Gasteiger partial charge in [0.15, 0.2) is 0 Å². The van der Waals surface area contributed by atoms with E-state index in [1.54, 1.807) is 0 Å². The van der Waals surface area contributed by atoms with Crippen LogP contribution in [0.3, 0.4) is 0 Å². The van der Waals surface area contributed by atoms with E-state index in [4.69, 9.17) is 0 Å². The average Bonchev–Trinajstić information content (AvgIpc) is 2.81. The number of nitrogens with zero attached hydrogens (tertiary/aromatic N) is 1. The van der Waals surface area contributed by atoms with Crippen LogP contribution < -0.4 is 0 Å². The number of hydrogen-bond acceptors (Lipinski definition) is 0. The smallest absolute Gasteiger partial charge is 0.145 e. The summed E-state index contributed by atoms with van der Waals surface area (Å²) in [6.45, 7) is 2.19. The summed E-state index contributed by atoms with van der Waals surface area (Å²) >= 11 is 3.09. The minimum Gasteiger partial charge on any atom is -0.343 e. The second kappa shape index (κ2) is 5.02. The summed E-state index contributed by atoms with van der Waals surface area (Å²) < 4.78 is 30.0. The highest BCUT2D eigenvalue weighted by atomic mass is 79.9. The van der Waals surface area contributed by atoms with Gasteiger partial charge in [0, 0.05) is 17.3 Å². The van der Waals surface area contributed by atoms with Crippen molar-refractivity contribution in [1.82, 2.24) is 4.57 Å². The largest absolute Gasteiger partial charge is 0.343 e. The van der Waals surface area contributed by atoms with E-state index in [9.17, 15) is 8.78 Å². The number of hydrogen-bond donors (Lipinski definition) is 0. The van der Waals surface area contributed by atoms with Crippen LogP contribution in [0.4, 0.5) is 8.78 Å². The maximum atomic E-state index is 14.0. The van der Waals surface area contributed by atoms with Crippen molar-refractivity contribution in [1.29, 1.82) is 0 Å². The summed E-state index contributed by atoms with van der Waals surface area (Å²) in [4.78, 5) is 0. The van der Waals surface area contributed by atoms with Gasteiger partial charge in [-0.15, -0.1) is 0 Å². The van der Waals surface area contributed by atoms with Crippen molar-refractivity contribution in [2.45, 2.75) is 13.5 Å². The van der Waals surface area contributed by atoms with Gasteiger partial charge in [0.2, 0.25) is 0 Å². The van der Waals surface area contributed by atoms with Crippen LogP contribution >= 0.6 is 15.9 Å². The zero-order chi connectivity index (χ0) is 14.3. The van der Waals surface area contributed by atoms with E-state index in [-0.39, 0.29) is 16.6 Å². The van der Waals surface area contributed by atoms with Crippen LogP contribution in [0, 0.1) is 18.6 Å². The van der Waals surface area contributed by atoms with Gasteiger partial charge >= 0.3 is 0 Å². The topological polar surface area (TPSA) is 4.93 Å². The quantitative estimate of drug-likeness (QED) is 0.578. The number of halogens is 3. The molecule has 102 valence electrons. The molecule has 3 rings (SSSR count). The summed E-state index contributed by atoms with van der Waals surface area (Å²) in [6.07, 6.45) is 1.85. The van der Waals surface area contributed by atoms with Crippen molar-refractivity contribution in [3.05, 3.63) is 69.8 Å². The zero-order valence-electron chi connectivity index (χ0n) is 10.8. The van der Waals surface area contributed by atoms with Gasteiger partial charge in [-0.05, 0) is 58.6 Å². The van der Waals surface area contributed by atoms with E-state index in [2.05, 4.69) is 22.0 Å². The molecule has 1 nitrogen and oxygen atoms in total. The lowest BCUT2D eigenvalue weighted by atomic mass is 10.1. The molecule has 0 amide bonds. The fourth-order valence-electron chi connectivity index (χ4n) is 2.34. The molecule has 0 bridgehead atoms. The fraction of sp³-hybridized carbons (Fsp3) is 0.125. The predicted molar refractivity (Wildman–Crippen MR) is 79.8 cm³/mol. The van der Waals surface area contributed by atoms with Gasteiger partial charge in [0.05, 0.1) is 11.0 Å². The lowest BCUT2D eigenvalue weighted by molar-refractivity contribution is 0.543. The first kappa shape index (κ1) is 13.3. The minimum atomic E-state index is -0.543. The summed E-state index contributed by atoms with van der Waals surface area (Å²) in [6, 6.07) is 10.6. The highest BCUT2D eigenvalue weighted by Gasteiger charge is 2.13. The molecule has 0 atom stereocenters. The van der Waals surface area contributed by atoms with E-state index in [1.807, 2.05) is 35.9 Å². The zero-order valence-corrected chi connectivity index (χ0v) is 12.4. The Morgan fingerprint density at radius 3 is 2.70 bits per heavy atom. The third-order valence-corrected chi connectivity index (χ3v) is 4.01. The van der Waals surface area contributed by atoms with Gasteiger partial charge in [0.25, 0.3) is 0 Å². The normalized spacial score (nSPS) is 11.2. The molecule has 2 aromatic carbocycles. The number of aryl methyl sites for hydroxylation is 1. The molecule has 1 heterocycles. The maximum absolute atomic E-state index is 14.0. The van der Waals surface area contributed by atoms with Gasteiger partial charge in [-0.1, -0.05) is 11.6 Å². The molecule has 1 aromatic heterocycles. The Hall–Kier alpha value is -1.68. The van der Waals surface area contributed by atoms with Gasteiger partial charge in [-0.2, -0.15) is 0 Å². The highest BCUT2D eigenvalue weighted by Crippen LogP contribution is 2.24. The molecule has 0 aliphatic carbocycles. The van der Waals surface area contributed by atoms with Gasteiger partial charge in [-0.3, -0.25) is 0 Å². The molecule has 20 heavy (non-hydrogen) atoms. The predicted octanol–water partition coefficient (Wildman–Crippen LogP) is 5.04. The van der Waals surface area contributed by atoms with Crippen molar-refractivity contribution < 1.29 is 8.78 Å². The Balaban J connectivity index is 2.08. The molecule has 0 N–H and O–H groups in total. The van der Waals surface area contributed by atoms with Gasteiger partial charge < -0.3 is 4.57 Å². The summed E-state index contributed by atoms with van der Waals surface area (Å²) in [5.41, 5.74) is 2.20.